The van der Waals surface area contributed by atoms with E-state index in [1.54, 1.807) is 0 Å². The fraction of sp³-hybridized carbons (Fsp3) is 0.500. The van der Waals surface area contributed by atoms with Gasteiger partial charge < -0.3 is 5.32 Å². The Labute approximate surface area is 103 Å². The second-order valence-corrected chi connectivity index (χ2v) is 4.91. The van der Waals surface area contributed by atoms with E-state index in [0.29, 0.717) is 12.1 Å². The van der Waals surface area contributed by atoms with Crippen molar-refractivity contribution in [3.8, 4) is 0 Å². The average Bonchev–Trinajstić information content (AvgIpc) is 2.79. The van der Waals surface area contributed by atoms with Gasteiger partial charge in [0.1, 0.15) is 0 Å². The van der Waals surface area contributed by atoms with Crippen LogP contribution in [0.3, 0.4) is 0 Å². The maximum atomic E-state index is 11.9. The van der Waals surface area contributed by atoms with Crippen LogP contribution in [0.5, 0.6) is 0 Å². The summed E-state index contributed by atoms with van der Waals surface area (Å²) in [5.74, 6) is 0.0428. The lowest BCUT2D eigenvalue weighted by molar-refractivity contribution is 0.0936. The van der Waals surface area contributed by atoms with E-state index in [1.165, 1.54) is 0 Å². The molecule has 1 aliphatic heterocycles. The van der Waals surface area contributed by atoms with Crippen molar-refractivity contribution < 1.29 is 4.79 Å². The largest absolute Gasteiger partial charge is 0.348 e. The van der Waals surface area contributed by atoms with Crippen LogP contribution >= 0.6 is 0 Å². The van der Waals surface area contributed by atoms with E-state index in [0.717, 1.165) is 25.1 Å². The molecule has 1 amide bonds. The van der Waals surface area contributed by atoms with Crippen molar-refractivity contribution in [2.75, 3.05) is 13.1 Å². The molecule has 0 spiro atoms. The van der Waals surface area contributed by atoms with Gasteiger partial charge in [-0.05, 0) is 32.4 Å². The second-order valence-electron chi connectivity index (χ2n) is 4.91. The van der Waals surface area contributed by atoms with Crippen molar-refractivity contribution in [3.05, 3.63) is 35.9 Å². The maximum Gasteiger partial charge on any atom is 0.251 e. The quantitative estimate of drug-likeness (QED) is 0.863. The molecule has 1 N–H and O–H groups in total. The zero-order valence-corrected chi connectivity index (χ0v) is 10.5. The number of nitrogens with one attached hydrogen (secondary N) is 1. The number of amides is 1. The summed E-state index contributed by atoms with van der Waals surface area (Å²) < 4.78 is 0. The van der Waals surface area contributed by atoms with Crippen LogP contribution in [0, 0.1) is 0 Å². The van der Waals surface area contributed by atoms with Gasteiger partial charge in [-0.2, -0.15) is 0 Å². The molecule has 1 aliphatic rings. The minimum absolute atomic E-state index is 0.0428. The number of carbonyl (C=O) groups excluding carboxylic acids is 1. The average molecular weight is 232 g/mol. The van der Waals surface area contributed by atoms with Crippen LogP contribution < -0.4 is 5.32 Å². The van der Waals surface area contributed by atoms with E-state index in [1.807, 2.05) is 30.3 Å². The zero-order valence-electron chi connectivity index (χ0n) is 10.5. The smallest absolute Gasteiger partial charge is 0.251 e. The van der Waals surface area contributed by atoms with E-state index in [4.69, 9.17) is 0 Å². The van der Waals surface area contributed by atoms with Crippen LogP contribution in [0.1, 0.15) is 30.6 Å². The molecule has 1 unspecified atom stereocenters. The predicted molar refractivity (Wildman–Crippen MR) is 69.0 cm³/mol. The molecule has 17 heavy (non-hydrogen) atoms. The Hall–Kier alpha value is -1.35. The van der Waals surface area contributed by atoms with Crippen molar-refractivity contribution >= 4 is 5.91 Å². The molecule has 0 radical (unpaired) electrons. The van der Waals surface area contributed by atoms with Gasteiger partial charge in [0.25, 0.3) is 5.91 Å². The fourth-order valence-corrected chi connectivity index (χ4v) is 2.23. The van der Waals surface area contributed by atoms with E-state index < -0.39 is 0 Å². The molecule has 92 valence electrons. The predicted octanol–water partition coefficient (Wildman–Crippen LogP) is 1.90. The van der Waals surface area contributed by atoms with Crippen LogP contribution in [0.2, 0.25) is 0 Å². The summed E-state index contributed by atoms with van der Waals surface area (Å²) in [5.41, 5.74) is 0.746. The Balaban J connectivity index is 1.89. The molecular formula is C14H20N2O. The summed E-state index contributed by atoms with van der Waals surface area (Å²) in [4.78, 5) is 14.3. The minimum Gasteiger partial charge on any atom is -0.348 e. The van der Waals surface area contributed by atoms with Gasteiger partial charge in [-0.15, -0.1) is 0 Å². The lowest BCUT2D eigenvalue weighted by Gasteiger charge is -2.20. The van der Waals surface area contributed by atoms with Crippen LogP contribution in [0.25, 0.3) is 0 Å². The third kappa shape index (κ3) is 3.07. The van der Waals surface area contributed by atoms with Crippen molar-refractivity contribution in [1.29, 1.82) is 0 Å². The summed E-state index contributed by atoms with van der Waals surface area (Å²) in [6.45, 7) is 6.44. The fourth-order valence-electron chi connectivity index (χ4n) is 2.23. The van der Waals surface area contributed by atoms with Gasteiger partial charge in [-0.1, -0.05) is 18.2 Å². The normalized spacial score (nSPS) is 20.8. The Morgan fingerprint density at radius 3 is 2.65 bits per heavy atom. The SMILES string of the molecule is CC(C)N1CCC(NC(=O)c2ccccc2)C1. The minimum atomic E-state index is 0.0428. The van der Waals surface area contributed by atoms with E-state index in [9.17, 15) is 4.79 Å². The van der Waals surface area contributed by atoms with Crippen LogP contribution in [0.4, 0.5) is 0 Å². The highest BCUT2D eigenvalue weighted by atomic mass is 16.1. The van der Waals surface area contributed by atoms with Crippen molar-refractivity contribution in [2.45, 2.75) is 32.4 Å². The van der Waals surface area contributed by atoms with Gasteiger partial charge >= 0.3 is 0 Å². The zero-order chi connectivity index (χ0) is 12.3. The first kappa shape index (κ1) is 12.1. The molecule has 1 aromatic rings. The molecule has 1 atom stereocenters. The standard InChI is InChI=1S/C14H20N2O/c1-11(2)16-9-8-13(10-16)15-14(17)12-6-4-3-5-7-12/h3-7,11,13H,8-10H2,1-2H3,(H,15,17). The Morgan fingerprint density at radius 1 is 1.35 bits per heavy atom. The molecule has 3 heteroatoms. The number of benzene rings is 1. The maximum absolute atomic E-state index is 11.9. The lowest BCUT2D eigenvalue weighted by atomic mass is 10.2. The first-order chi connectivity index (χ1) is 8.16. The molecule has 2 rings (SSSR count). The third-order valence-electron chi connectivity index (χ3n) is 3.32. The summed E-state index contributed by atoms with van der Waals surface area (Å²) in [6.07, 6.45) is 1.05. The van der Waals surface area contributed by atoms with Gasteiger partial charge in [0.15, 0.2) is 0 Å². The van der Waals surface area contributed by atoms with Gasteiger partial charge in [0.05, 0.1) is 0 Å². The first-order valence-electron chi connectivity index (χ1n) is 6.27. The summed E-state index contributed by atoms with van der Waals surface area (Å²) in [6, 6.07) is 10.3. The monoisotopic (exact) mass is 232 g/mol. The molecule has 0 aromatic heterocycles. The van der Waals surface area contributed by atoms with Gasteiger partial charge in [0, 0.05) is 30.7 Å². The Morgan fingerprint density at radius 2 is 2.06 bits per heavy atom. The molecule has 0 aliphatic carbocycles. The Bertz CT molecular complexity index is 375. The number of hydrogen-bond donors (Lipinski definition) is 1. The number of hydrogen-bond acceptors (Lipinski definition) is 2. The molecule has 1 heterocycles. The highest BCUT2D eigenvalue weighted by molar-refractivity contribution is 5.94. The second kappa shape index (κ2) is 5.32. The van der Waals surface area contributed by atoms with Crippen molar-refractivity contribution in [2.24, 2.45) is 0 Å². The topological polar surface area (TPSA) is 32.3 Å². The number of likely N-dealkylation sites (tertiary alicyclic amines) is 1. The molecule has 1 saturated heterocycles. The van der Waals surface area contributed by atoms with Crippen LogP contribution in [0.15, 0.2) is 30.3 Å². The molecular weight excluding hydrogens is 212 g/mol. The van der Waals surface area contributed by atoms with Gasteiger partial charge in [0.2, 0.25) is 0 Å². The molecule has 0 saturated carbocycles. The lowest BCUT2D eigenvalue weighted by Crippen LogP contribution is -2.38. The molecule has 1 aromatic carbocycles. The molecule has 0 bridgehead atoms. The summed E-state index contributed by atoms with van der Waals surface area (Å²) in [7, 11) is 0. The van der Waals surface area contributed by atoms with Crippen LogP contribution in [-0.2, 0) is 0 Å². The Kier molecular flexibility index (Phi) is 3.79. The number of carbonyl (C=O) groups is 1. The summed E-state index contributed by atoms with van der Waals surface area (Å²) in [5, 5.41) is 3.10. The first-order valence-corrected chi connectivity index (χ1v) is 6.27. The highest BCUT2D eigenvalue weighted by Crippen LogP contribution is 2.12. The van der Waals surface area contributed by atoms with Crippen LogP contribution in [-0.4, -0.2) is 36.0 Å². The molecule has 3 nitrogen and oxygen atoms in total. The van der Waals surface area contributed by atoms with Crippen molar-refractivity contribution in [3.63, 3.8) is 0 Å². The van der Waals surface area contributed by atoms with Gasteiger partial charge in [-0.3, -0.25) is 9.69 Å². The number of nitrogens with zero attached hydrogens (tertiary/aromatic N) is 1. The molecule has 1 fully saturated rings. The highest BCUT2D eigenvalue weighted by Gasteiger charge is 2.25. The van der Waals surface area contributed by atoms with E-state index in [2.05, 4.69) is 24.1 Å². The third-order valence-corrected chi connectivity index (χ3v) is 3.32. The summed E-state index contributed by atoms with van der Waals surface area (Å²) >= 11 is 0. The van der Waals surface area contributed by atoms with Crippen molar-refractivity contribution in [1.82, 2.24) is 10.2 Å². The number of rotatable bonds is 3. The van der Waals surface area contributed by atoms with Gasteiger partial charge in [-0.25, -0.2) is 0 Å². The van der Waals surface area contributed by atoms with E-state index in [-0.39, 0.29) is 5.91 Å². The van der Waals surface area contributed by atoms with E-state index >= 15 is 0 Å².